The minimum Gasteiger partial charge on any atom is -0.355 e. The molecule has 1 aromatic heterocycles. The highest BCUT2D eigenvalue weighted by Crippen LogP contribution is 2.70. The Hall–Kier alpha value is -1.84. The molecule has 2 aromatic rings. The summed E-state index contributed by atoms with van der Waals surface area (Å²) in [7, 11) is 0. The van der Waals surface area contributed by atoms with Gasteiger partial charge in [-0.05, 0) is 55.7 Å². The Labute approximate surface area is 124 Å². The quantitative estimate of drug-likeness (QED) is 0.906. The van der Waals surface area contributed by atoms with Gasteiger partial charge in [-0.2, -0.15) is 0 Å². The monoisotopic (exact) mass is 283 g/mol. The molecule has 0 bridgehead atoms. The van der Waals surface area contributed by atoms with Crippen molar-refractivity contribution < 1.29 is 4.79 Å². The van der Waals surface area contributed by atoms with Crippen LogP contribution in [0.3, 0.4) is 0 Å². The first-order valence-corrected chi connectivity index (χ1v) is 7.82. The molecule has 1 atom stereocenters. The number of hydrogen-bond acceptors (Lipinski definition) is 2. The summed E-state index contributed by atoms with van der Waals surface area (Å²) in [5, 5.41) is 3.06. The molecule has 110 valence electrons. The Morgan fingerprint density at radius 2 is 2.24 bits per heavy atom. The molecule has 1 heterocycles. The molecule has 1 aromatic carbocycles. The number of hydrogen-bond donors (Lipinski definition) is 2. The summed E-state index contributed by atoms with van der Waals surface area (Å²) in [6.07, 6.45) is 4.39. The first-order valence-electron chi connectivity index (χ1n) is 7.82. The van der Waals surface area contributed by atoms with Gasteiger partial charge in [-0.1, -0.05) is 6.07 Å². The molecule has 2 N–H and O–H groups in total. The zero-order chi connectivity index (χ0) is 14.6. The average molecular weight is 283 g/mol. The van der Waals surface area contributed by atoms with Gasteiger partial charge in [-0.15, -0.1) is 0 Å². The van der Waals surface area contributed by atoms with Crippen molar-refractivity contribution in [3.8, 4) is 0 Å². The third-order valence-corrected chi connectivity index (χ3v) is 5.29. The van der Waals surface area contributed by atoms with Crippen molar-refractivity contribution in [2.45, 2.75) is 39.5 Å². The highest BCUT2D eigenvalue weighted by atomic mass is 16.2. The number of H-pyrrole nitrogens is 1. The molecule has 0 saturated heterocycles. The molecule has 21 heavy (non-hydrogen) atoms. The van der Waals surface area contributed by atoms with E-state index in [4.69, 9.17) is 0 Å². The molecular weight excluding hydrogens is 262 g/mol. The van der Waals surface area contributed by atoms with Crippen LogP contribution in [0.5, 0.6) is 0 Å². The number of aryl methyl sites for hydroxylation is 2. The summed E-state index contributed by atoms with van der Waals surface area (Å²) in [5.41, 5.74) is 5.07. The molecule has 4 rings (SSSR count). The Morgan fingerprint density at radius 3 is 2.95 bits per heavy atom. The van der Waals surface area contributed by atoms with E-state index in [0.29, 0.717) is 17.9 Å². The molecule has 1 amide bonds. The third-order valence-electron chi connectivity index (χ3n) is 5.29. The van der Waals surface area contributed by atoms with E-state index in [1.807, 2.05) is 0 Å². The lowest BCUT2D eigenvalue weighted by atomic mass is 10.1. The van der Waals surface area contributed by atoms with Gasteiger partial charge in [0.15, 0.2) is 0 Å². The zero-order valence-corrected chi connectivity index (χ0v) is 12.6. The molecule has 2 aliphatic carbocycles. The number of imidazole rings is 1. The van der Waals surface area contributed by atoms with Crippen molar-refractivity contribution >= 4 is 16.9 Å². The maximum absolute atomic E-state index is 12.0. The van der Waals surface area contributed by atoms with Gasteiger partial charge in [-0.3, -0.25) is 4.79 Å². The van der Waals surface area contributed by atoms with E-state index in [0.717, 1.165) is 29.7 Å². The lowest BCUT2D eigenvalue weighted by molar-refractivity contribution is -0.122. The van der Waals surface area contributed by atoms with Crippen LogP contribution < -0.4 is 5.32 Å². The number of benzene rings is 1. The van der Waals surface area contributed by atoms with Crippen LogP contribution >= 0.6 is 0 Å². The SMILES string of the molecule is Cc1ccc2[nH]c(CCNC(=O)[C@@H]3CC34CC4)nc2c1C. The van der Waals surface area contributed by atoms with E-state index < -0.39 is 0 Å². The Morgan fingerprint density at radius 1 is 1.43 bits per heavy atom. The van der Waals surface area contributed by atoms with Crippen molar-refractivity contribution in [3.63, 3.8) is 0 Å². The maximum Gasteiger partial charge on any atom is 0.223 e. The standard InChI is InChI=1S/C17H21N3O/c1-10-3-4-13-15(11(10)2)20-14(19-13)5-8-18-16(21)12-9-17(12)6-7-17/h3-4,12H,5-9H2,1-2H3,(H,18,21)(H,19,20)/t12-/m0/s1. The fraction of sp³-hybridized carbons (Fsp3) is 0.529. The van der Waals surface area contributed by atoms with Crippen molar-refractivity contribution in [2.75, 3.05) is 6.54 Å². The maximum atomic E-state index is 12.0. The van der Waals surface area contributed by atoms with Gasteiger partial charge in [-0.25, -0.2) is 4.98 Å². The number of aromatic amines is 1. The van der Waals surface area contributed by atoms with Gasteiger partial charge >= 0.3 is 0 Å². The number of aromatic nitrogens is 2. The van der Waals surface area contributed by atoms with Crippen LogP contribution in [0.25, 0.3) is 11.0 Å². The fourth-order valence-corrected chi connectivity index (χ4v) is 3.34. The first kappa shape index (κ1) is 12.9. The average Bonchev–Trinajstić information content (AvgIpc) is 3.36. The topological polar surface area (TPSA) is 57.8 Å². The third kappa shape index (κ3) is 2.13. The lowest BCUT2D eigenvalue weighted by Gasteiger charge is -2.02. The lowest BCUT2D eigenvalue weighted by Crippen LogP contribution is -2.28. The van der Waals surface area contributed by atoms with Gasteiger partial charge in [0.1, 0.15) is 5.82 Å². The smallest absolute Gasteiger partial charge is 0.223 e. The Balaban J connectivity index is 1.38. The number of nitrogens with one attached hydrogen (secondary N) is 2. The van der Waals surface area contributed by atoms with E-state index in [2.05, 4.69) is 41.3 Å². The number of carbonyl (C=O) groups is 1. The minimum absolute atomic E-state index is 0.246. The predicted molar refractivity (Wildman–Crippen MR) is 82.1 cm³/mol. The normalized spacial score (nSPS) is 21.7. The molecule has 4 nitrogen and oxygen atoms in total. The van der Waals surface area contributed by atoms with Crippen molar-refractivity contribution in [1.29, 1.82) is 0 Å². The summed E-state index contributed by atoms with van der Waals surface area (Å²) in [5.74, 6) is 1.50. The summed E-state index contributed by atoms with van der Waals surface area (Å²) in [6.45, 7) is 4.88. The van der Waals surface area contributed by atoms with Crippen molar-refractivity contribution in [1.82, 2.24) is 15.3 Å². The van der Waals surface area contributed by atoms with Crippen molar-refractivity contribution in [2.24, 2.45) is 11.3 Å². The Bertz CT molecular complexity index is 727. The summed E-state index contributed by atoms with van der Waals surface area (Å²) >= 11 is 0. The second kappa shape index (κ2) is 4.33. The van der Waals surface area contributed by atoms with Gasteiger partial charge in [0, 0.05) is 18.9 Å². The van der Waals surface area contributed by atoms with Crippen LogP contribution in [-0.4, -0.2) is 22.4 Å². The highest BCUT2D eigenvalue weighted by molar-refractivity contribution is 5.83. The van der Waals surface area contributed by atoms with Crippen LogP contribution in [0.2, 0.25) is 0 Å². The fourth-order valence-electron chi connectivity index (χ4n) is 3.34. The molecule has 1 spiro atoms. The molecular formula is C17H21N3O. The van der Waals surface area contributed by atoms with Gasteiger partial charge in [0.25, 0.3) is 0 Å². The molecule has 0 aliphatic heterocycles. The molecule has 4 heteroatoms. The number of rotatable bonds is 4. The summed E-state index contributed by atoms with van der Waals surface area (Å²) in [4.78, 5) is 20.0. The van der Waals surface area contributed by atoms with Crippen LogP contribution in [0, 0.1) is 25.2 Å². The van der Waals surface area contributed by atoms with Gasteiger partial charge < -0.3 is 10.3 Å². The van der Waals surface area contributed by atoms with Crippen molar-refractivity contribution in [3.05, 3.63) is 29.1 Å². The number of carbonyl (C=O) groups excluding carboxylic acids is 1. The molecule has 0 unspecified atom stereocenters. The van der Waals surface area contributed by atoms with Gasteiger partial charge in [0.2, 0.25) is 5.91 Å². The van der Waals surface area contributed by atoms with E-state index in [1.165, 1.54) is 24.0 Å². The van der Waals surface area contributed by atoms with E-state index in [1.54, 1.807) is 0 Å². The number of nitrogens with zero attached hydrogens (tertiary/aromatic N) is 1. The minimum atomic E-state index is 0.246. The van der Waals surface area contributed by atoms with Crippen LogP contribution in [0.15, 0.2) is 12.1 Å². The van der Waals surface area contributed by atoms with Gasteiger partial charge in [0.05, 0.1) is 11.0 Å². The van der Waals surface area contributed by atoms with Crippen LogP contribution in [0.4, 0.5) is 0 Å². The zero-order valence-electron chi connectivity index (χ0n) is 12.6. The molecule has 0 radical (unpaired) electrons. The second-order valence-electron chi connectivity index (χ2n) is 6.75. The Kier molecular flexibility index (Phi) is 2.65. The molecule has 2 aliphatic rings. The van der Waals surface area contributed by atoms with E-state index in [9.17, 15) is 4.79 Å². The molecule has 2 saturated carbocycles. The number of fused-ring (bicyclic) bond motifs is 1. The number of amides is 1. The predicted octanol–water partition coefficient (Wildman–Crippen LogP) is 2.64. The molecule has 2 fully saturated rings. The van der Waals surface area contributed by atoms with Crippen LogP contribution in [-0.2, 0) is 11.2 Å². The highest BCUT2D eigenvalue weighted by Gasteiger charge is 2.65. The summed E-state index contributed by atoms with van der Waals surface area (Å²) in [6, 6.07) is 4.19. The van der Waals surface area contributed by atoms with E-state index >= 15 is 0 Å². The van der Waals surface area contributed by atoms with E-state index in [-0.39, 0.29) is 5.91 Å². The van der Waals surface area contributed by atoms with Crippen LogP contribution in [0.1, 0.15) is 36.2 Å². The largest absolute Gasteiger partial charge is 0.355 e. The summed E-state index contributed by atoms with van der Waals surface area (Å²) < 4.78 is 0. The first-order chi connectivity index (χ1) is 10.1. The second-order valence-corrected chi connectivity index (χ2v) is 6.75.